The van der Waals surface area contributed by atoms with Crippen LogP contribution in [0.4, 0.5) is 8.78 Å². The molecule has 1 aliphatic heterocycles. The van der Waals surface area contributed by atoms with Gasteiger partial charge in [-0.2, -0.15) is 0 Å². The normalized spacial score (nSPS) is 31.5. The molecule has 84 valence electrons. The highest BCUT2D eigenvalue weighted by Crippen LogP contribution is 2.09. The number of hydrogen-bond donors (Lipinski definition) is 1. The van der Waals surface area contributed by atoms with Gasteiger partial charge < -0.3 is 5.32 Å². The molecule has 1 N–H and O–H groups in total. The summed E-state index contributed by atoms with van der Waals surface area (Å²) in [4.78, 5) is 1.89. The molecule has 0 aromatic rings. The predicted octanol–water partition coefficient (Wildman–Crippen LogP) is 1.43. The first-order valence-corrected chi connectivity index (χ1v) is 5.29. The third-order valence-electron chi connectivity index (χ3n) is 2.52. The van der Waals surface area contributed by atoms with E-state index in [9.17, 15) is 8.78 Å². The molecule has 1 heterocycles. The van der Waals surface area contributed by atoms with E-state index in [-0.39, 0.29) is 6.54 Å². The lowest BCUT2D eigenvalue weighted by molar-refractivity contribution is 0.0694. The van der Waals surface area contributed by atoms with Gasteiger partial charge in [0.25, 0.3) is 6.43 Å². The Morgan fingerprint density at radius 3 is 2.14 bits per heavy atom. The third-order valence-corrected chi connectivity index (χ3v) is 2.52. The minimum absolute atomic E-state index is 0.0747. The standard InChI is InChI=1S/C10H20F2N2/c1-8-3-13-4-9(2)6-14(5-8)7-10(11)12/h8-10,13H,3-7H2,1-2H3. The van der Waals surface area contributed by atoms with E-state index in [1.807, 2.05) is 4.90 Å². The number of alkyl halides is 2. The summed E-state index contributed by atoms with van der Waals surface area (Å²) in [5.74, 6) is 0.919. The molecule has 1 fully saturated rings. The number of halogens is 2. The van der Waals surface area contributed by atoms with Crippen LogP contribution in [0.5, 0.6) is 0 Å². The van der Waals surface area contributed by atoms with Gasteiger partial charge in [-0.3, -0.25) is 4.90 Å². The smallest absolute Gasteiger partial charge is 0.251 e. The van der Waals surface area contributed by atoms with Crippen LogP contribution in [0.25, 0.3) is 0 Å². The van der Waals surface area contributed by atoms with Gasteiger partial charge in [-0.1, -0.05) is 13.8 Å². The molecule has 0 aliphatic carbocycles. The minimum atomic E-state index is -2.21. The highest BCUT2D eigenvalue weighted by atomic mass is 19.3. The molecule has 2 nitrogen and oxygen atoms in total. The maximum absolute atomic E-state index is 12.3. The van der Waals surface area contributed by atoms with Crippen LogP contribution in [0, 0.1) is 11.8 Å². The minimum Gasteiger partial charge on any atom is -0.316 e. The van der Waals surface area contributed by atoms with Gasteiger partial charge in [-0.25, -0.2) is 8.78 Å². The maximum Gasteiger partial charge on any atom is 0.251 e. The fourth-order valence-corrected chi connectivity index (χ4v) is 2.01. The van der Waals surface area contributed by atoms with Crippen LogP contribution in [0.3, 0.4) is 0 Å². The summed E-state index contributed by atoms with van der Waals surface area (Å²) in [6.45, 7) is 7.55. The molecule has 0 spiro atoms. The van der Waals surface area contributed by atoms with E-state index in [2.05, 4.69) is 19.2 Å². The second-order valence-corrected chi connectivity index (χ2v) is 4.48. The van der Waals surface area contributed by atoms with Gasteiger partial charge in [-0.05, 0) is 24.9 Å². The molecule has 4 heteroatoms. The summed E-state index contributed by atoms with van der Waals surface area (Å²) < 4.78 is 24.5. The molecule has 1 aliphatic rings. The van der Waals surface area contributed by atoms with Gasteiger partial charge in [0.15, 0.2) is 0 Å². The number of rotatable bonds is 2. The van der Waals surface area contributed by atoms with Crippen molar-refractivity contribution < 1.29 is 8.78 Å². The van der Waals surface area contributed by atoms with E-state index < -0.39 is 6.43 Å². The summed E-state index contributed by atoms with van der Waals surface area (Å²) in [6, 6.07) is 0. The molecule has 0 bridgehead atoms. The Balaban J connectivity index is 2.43. The van der Waals surface area contributed by atoms with Gasteiger partial charge in [0.1, 0.15) is 0 Å². The van der Waals surface area contributed by atoms with Crippen LogP contribution in [0.15, 0.2) is 0 Å². The highest BCUT2D eigenvalue weighted by Gasteiger charge is 2.19. The lowest BCUT2D eigenvalue weighted by Gasteiger charge is -2.31. The summed E-state index contributed by atoms with van der Waals surface area (Å²) >= 11 is 0. The first-order valence-electron chi connectivity index (χ1n) is 5.29. The Bertz CT molecular complexity index is 152. The topological polar surface area (TPSA) is 15.3 Å². The second kappa shape index (κ2) is 5.61. The Morgan fingerprint density at radius 1 is 1.21 bits per heavy atom. The van der Waals surface area contributed by atoms with E-state index in [0.29, 0.717) is 11.8 Å². The molecule has 14 heavy (non-hydrogen) atoms. The molecule has 0 aromatic carbocycles. The van der Waals surface area contributed by atoms with Crippen molar-refractivity contribution in [3.8, 4) is 0 Å². The Kier molecular flexibility index (Phi) is 4.75. The van der Waals surface area contributed by atoms with Crippen LogP contribution in [0.2, 0.25) is 0 Å². The van der Waals surface area contributed by atoms with E-state index in [1.165, 1.54) is 0 Å². The molecule has 2 atom stereocenters. The predicted molar refractivity (Wildman–Crippen MR) is 53.6 cm³/mol. The summed E-state index contributed by atoms with van der Waals surface area (Å²) in [5, 5.41) is 3.35. The molecular formula is C10H20F2N2. The molecule has 0 radical (unpaired) electrons. The zero-order chi connectivity index (χ0) is 10.6. The van der Waals surface area contributed by atoms with E-state index in [4.69, 9.17) is 0 Å². The summed E-state index contributed by atoms with van der Waals surface area (Å²) in [7, 11) is 0. The van der Waals surface area contributed by atoms with Crippen LogP contribution in [0.1, 0.15) is 13.8 Å². The lowest BCUT2D eigenvalue weighted by Crippen LogP contribution is -2.44. The highest BCUT2D eigenvalue weighted by molar-refractivity contribution is 4.73. The first-order chi connectivity index (χ1) is 6.58. The third kappa shape index (κ3) is 4.33. The Morgan fingerprint density at radius 2 is 1.71 bits per heavy atom. The van der Waals surface area contributed by atoms with Crippen LogP contribution >= 0.6 is 0 Å². The number of nitrogens with one attached hydrogen (secondary N) is 1. The van der Waals surface area contributed by atoms with Gasteiger partial charge in [0.2, 0.25) is 0 Å². The SMILES string of the molecule is CC1CNCC(C)CN(CC(F)F)C1. The van der Waals surface area contributed by atoms with Crippen molar-refractivity contribution in [2.45, 2.75) is 20.3 Å². The summed E-state index contributed by atoms with van der Waals surface area (Å²) in [5.41, 5.74) is 0. The molecule has 1 saturated heterocycles. The molecule has 2 unspecified atom stereocenters. The largest absolute Gasteiger partial charge is 0.316 e. The van der Waals surface area contributed by atoms with E-state index in [1.54, 1.807) is 0 Å². The molecule has 0 aromatic heterocycles. The molecule has 1 rings (SSSR count). The maximum atomic E-state index is 12.3. The Labute approximate surface area is 84.7 Å². The van der Waals surface area contributed by atoms with Crippen molar-refractivity contribution in [1.29, 1.82) is 0 Å². The lowest BCUT2D eigenvalue weighted by atomic mass is 10.1. The summed E-state index contributed by atoms with van der Waals surface area (Å²) in [6.07, 6.45) is -2.21. The van der Waals surface area contributed by atoms with Gasteiger partial charge in [0, 0.05) is 13.1 Å². The number of hydrogen-bond acceptors (Lipinski definition) is 2. The monoisotopic (exact) mass is 206 g/mol. The van der Waals surface area contributed by atoms with Crippen molar-refractivity contribution in [2.24, 2.45) is 11.8 Å². The molecule has 0 amide bonds. The van der Waals surface area contributed by atoms with Crippen molar-refractivity contribution in [3.05, 3.63) is 0 Å². The van der Waals surface area contributed by atoms with Crippen molar-refractivity contribution in [1.82, 2.24) is 10.2 Å². The van der Waals surface area contributed by atoms with Crippen LogP contribution in [-0.2, 0) is 0 Å². The Hall–Kier alpha value is -0.220. The fraction of sp³-hybridized carbons (Fsp3) is 1.00. The zero-order valence-electron chi connectivity index (χ0n) is 8.97. The quantitative estimate of drug-likeness (QED) is 0.735. The fourth-order valence-electron chi connectivity index (χ4n) is 2.01. The second-order valence-electron chi connectivity index (χ2n) is 4.48. The van der Waals surface area contributed by atoms with Crippen molar-refractivity contribution in [2.75, 3.05) is 32.7 Å². The average Bonchev–Trinajstić information content (AvgIpc) is 1.99. The van der Waals surface area contributed by atoms with Gasteiger partial charge in [0.05, 0.1) is 6.54 Å². The van der Waals surface area contributed by atoms with Gasteiger partial charge >= 0.3 is 0 Å². The first kappa shape index (κ1) is 11.9. The van der Waals surface area contributed by atoms with Crippen molar-refractivity contribution in [3.63, 3.8) is 0 Å². The van der Waals surface area contributed by atoms with Crippen LogP contribution in [-0.4, -0.2) is 44.0 Å². The average molecular weight is 206 g/mol. The van der Waals surface area contributed by atoms with Crippen LogP contribution < -0.4 is 5.32 Å². The molecule has 0 saturated carbocycles. The van der Waals surface area contributed by atoms with E-state index >= 15 is 0 Å². The number of nitrogens with zero attached hydrogens (tertiary/aromatic N) is 1. The zero-order valence-corrected chi connectivity index (χ0v) is 8.97. The van der Waals surface area contributed by atoms with Crippen molar-refractivity contribution >= 4 is 0 Å². The molecular weight excluding hydrogens is 186 g/mol. The van der Waals surface area contributed by atoms with Gasteiger partial charge in [-0.15, -0.1) is 0 Å². The van der Waals surface area contributed by atoms with E-state index in [0.717, 1.165) is 26.2 Å².